The molecule has 1 unspecified atom stereocenters. The monoisotopic (exact) mass is 538 g/mol. The van der Waals surface area contributed by atoms with E-state index in [0.29, 0.717) is 30.0 Å². The first-order valence-corrected chi connectivity index (χ1v) is 13.9. The van der Waals surface area contributed by atoms with E-state index in [2.05, 4.69) is 5.32 Å². The summed E-state index contributed by atoms with van der Waals surface area (Å²) in [4.78, 5) is 30.1. The number of rotatable bonds is 11. The van der Waals surface area contributed by atoms with E-state index >= 15 is 0 Å². The average Bonchev–Trinajstić information content (AvgIpc) is 3.45. The molecule has 2 amide bonds. The Morgan fingerprint density at radius 3 is 2.42 bits per heavy atom. The van der Waals surface area contributed by atoms with E-state index in [1.165, 1.54) is 29.9 Å². The van der Waals surface area contributed by atoms with E-state index in [1.807, 2.05) is 35.7 Å². The lowest BCUT2D eigenvalue weighted by Gasteiger charge is -2.33. The average molecular weight is 539 g/mol. The molecule has 8 heteroatoms. The number of halogens is 1. The van der Waals surface area contributed by atoms with Gasteiger partial charge in [-0.15, -0.1) is 11.3 Å². The van der Waals surface area contributed by atoms with Gasteiger partial charge in [-0.05, 0) is 66.1 Å². The van der Waals surface area contributed by atoms with Gasteiger partial charge in [-0.1, -0.05) is 43.5 Å². The minimum absolute atomic E-state index is 0.0827. The fourth-order valence-corrected chi connectivity index (χ4v) is 5.69. The van der Waals surface area contributed by atoms with Crippen LogP contribution in [0.4, 0.5) is 4.39 Å². The third kappa shape index (κ3) is 7.13. The van der Waals surface area contributed by atoms with Crippen LogP contribution in [0.5, 0.6) is 11.5 Å². The molecule has 6 nitrogen and oxygen atoms in total. The fourth-order valence-electron chi connectivity index (χ4n) is 4.99. The lowest BCUT2D eigenvalue weighted by molar-refractivity contribution is -0.140. The van der Waals surface area contributed by atoms with Crippen LogP contribution in [0.3, 0.4) is 0 Å². The van der Waals surface area contributed by atoms with Gasteiger partial charge in [-0.25, -0.2) is 4.39 Å². The molecule has 1 N–H and O–H groups in total. The maximum atomic E-state index is 13.8. The predicted molar refractivity (Wildman–Crippen MR) is 147 cm³/mol. The summed E-state index contributed by atoms with van der Waals surface area (Å²) < 4.78 is 24.6. The molecule has 0 aliphatic heterocycles. The van der Waals surface area contributed by atoms with Crippen molar-refractivity contribution in [1.29, 1.82) is 0 Å². The Bertz CT molecular complexity index is 1190. The van der Waals surface area contributed by atoms with Crippen LogP contribution < -0.4 is 14.8 Å². The van der Waals surface area contributed by atoms with Gasteiger partial charge >= 0.3 is 0 Å². The molecule has 0 bridgehead atoms. The standard InChI is InChI=1S/C30H35FN2O4S/c1-36-26-15-10-21(19-27(26)37-2)16-17-33(28(34)20-25-9-6-18-38-25)29(22-11-13-23(31)14-12-22)30(35)32-24-7-4-3-5-8-24/h6,9-15,18-19,24,29H,3-5,7-8,16-17,20H2,1-2H3,(H,32,35). The normalized spacial score (nSPS) is 14.5. The molecule has 1 aromatic heterocycles. The number of benzene rings is 2. The number of hydrogen-bond donors (Lipinski definition) is 1. The Morgan fingerprint density at radius 1 is 1.03 bits per heavy atom. The van der Waals surface area contributed by atoms with Crippen LogP contribution in [0, 0.1) is 5.82 Å². The fraction of sp³-hybridized carbons (Fsp3) is 0.400. The predicted octanol–water partition coefficient (Wildman–Crippen LogP) is 5.71. The molecule has 202 valence electrons. The second-order valence-corrected chi connectivity index (χ2v) is 10.6. The number of hydrogen-bond acceptors (Lipinski definition) is 5. The molecular formula is C30H35FN2O4S. The Balaban J connectivity index is 1.65. The molecule has 38 heavy (non-hydrogen) atoms. The Labute approximate surface area is 227 Å². The Hall–Kier alpha value is -3.39. The van der Waals surface area contributed by atoms with Gasteiger partial charge < -0.3 is 19.7 Å². The van der Waals surface area contributed by atoms with Crippen molar-refractivity contribution in [2.24, 2.45) is 0 Å². The molecule has 3 aromatic rings. The highest BCUT2D eigenvalue weighted by molar-refractivity contribution is 7.10. The van der Waals surface area contributed by atoms with Crippen molar-refractivity contribution >= 4 is 23.2 Å². The maximum absolute atomic E-state index is 13.8. The molecule has 2 aromatic carbocycles. The van der Waals surface area contributed by atoms with Crippen molar-refractivity contribution in [3.63, 3.8) is 0 Å². The number of nitrogens with zero attached hydrogens (tertiary/aromatic N) is 1. The lowest BCUT2D eigenvalue weighted by Crippen LogP contribution is -2.48. The molecule has 1 saturated carbocycles. The number of ether oxygens (including phenoxy) is 2. The van der Waals surface area contributed by atoms with E-state index in [-0.39, 0.29) is 30.1 Å². The molecule has 1 fully saturated rings. The highest BCUT2D eigenvalue weighted by Gasteiger charge is 2.33. The van der Waals surface area contributed by atoms with E-state index in [9.17, 15) is 14.0 Å². The third-order valence-corrected chi connectivity index (χ3v) is 7.89. The largest absolute Gasteiger partial charge is 0.493 e. The zero-order valence-corrected chi connectivity index (χ0v) is 22.8. The SMILES string of the molecule is COc1ccc(CCN(C(=O)Cc2cccs2)C(C(=O)NC2CCCCC2)c2ccc(F)cc2)cc1OC. The van der Waals surface area contributed by atoms with E-state index in [0.717, 1.165) is 36.1 Å². The molecule has 4 rings (SSSR count). The summed E-state index contributed by atoms with van der Waals surface area (Å²) in [7, 11) is 3.17. The summed E-state index contributed by atoms with van der Waals surface area (Å²) in [5.74, 6) is 0.461. The summed E-state index contributed by atoms with van der Waals surface area (Å²) >= 11 is 1.51. The van der Waals surface area contributed by atoms with Gasteiger partial charge in [-0.2, -0.15) is 0 Å². The summed E-state index contributed by atoms with van der Waals surface area (Å²) in [6, 6.07) is 14.6. The quantitative estimate of drug-likeness (QED) is 0.340. The van der Waals surface area contributed by atoms with E-state index in [1.54, 1.807) is 31.3 Å². The van der Waals surface area contributed by atoms with Crippen LogP contribution in [0.2, 0.25) is 0 Å². The summed E-state index contributed by atoms with van der Waals surface area (Å²) in [6.07, 6.45) is 5.87. The van der Waals surface area contributed by atoms with Gasteiger partial charge in [-0.3, -0.25) is 9.59 Å². The van der Waals surface area contributed by atoms with Crippen molar-refractivity contribution in [1.82, 2.24) is 10.2 Å². The van der Waals surface area contributed by atoms with Crippen molar-refractivity contribution in [3.05, 3.63) is 81.8 Å². The Morgan fingerprint density at radius 2 is 1.76 bits per heavy atom. The second kappa shape index (κ2) is 13.4. The smallest absolute Gasteiger partial charge is 0.247 e. The number of carbonyl (C=O) groups is 2. The van der Waals surface area contributed by atoms with Crippen LogP contribution in [0.25, 0.3) is 0 Å². The van der Waals surface area contributed by atoms with Crippen LogP contribution in [-0.2, 0) is 22.4 Å². The molecule has 0 saturated heterocycles. The molecule has 0 radical (unpaired) electrons. The van der Waals surface area contributed by atoms with Crippen LogP contribution in [-0.4, -0.2) is 43.5 Å². The molecule has 0 spiro atoms. The summed E-state index contributed by atoms with van der Waals surface area (Å²) in [6.45, 7) is 0.305. The molecule has 1 atom stereocenters. The number of nitrogens with one attached hydrogen (secondary N) is 1. The van der Waals surface area contributed by atoms with Gasteiger partial charge in [0.2, 0.25) is 11.8 Å². The zero-order valence-electron chi connectivity index (χ0n) is 22.0. The Kier molecular flexibility index (Phi) is 9.76. The van der Waals surface area contributed by atoms with Gasteiger partial charge in [0, 0.05) is 17.5 Å². The minimum Gasteiger partial charge on any atom is -0.493 e. The van der Waals surface area contributed by atoms with E-state index in [4.69, 9.17) is 9.47 Å². The van der Waals surface area contributed by atoms with Gasteiger partial charge in [0.05, 0.1) is 20.6 Å². The first kappa shape index (κ1) is 27.6. The third-order valence-electron chi connectivity index (χ3n) is 7.01. The number of thiophene rings is 1. The summed E-state index contributed by atoms with van der Waals surface area (Å²) in [5.41, 5.74) is 1.54. The maximum Gasteiger partial charge on any atom is 0.247 e. The highest BCUT2D eigenvalue weighted by Crippen LogP contribution is 2.29. The first-order chi connectivity index (χ1) is 18.5. The van der Waals surface area contributed by atoms with Crippen molar-refractivity contribution < 1.29 is 23.5 Å². The van der Waals surface area contributed by atoms with Crippen LogP contribution in [0.1, 0.15) is 54.1 Å². The van der Waals surface area contributed by atoms with Crippen LogP contribution >= 0.6 is 11.3 Å². The minimum atomic E-state index is -0.870. The number of amides is 2. The van der Waals surface area contributed by atoms with Crippen molar-refractivity contribution in [3.8, 4) is 11.5 Å². The van der Waals surface area contributed by atoms with Crippen molar-refractivity contribution in [2.45, 2.75) is 57.0 Å². The first-order valence-electron chi connectivity index (χ1n) is 13.1. The van der Waals surface area contributed by atoms with E-state index < -0.39 is 6.04 Å². The molecule has 1 aliphatic carbocycles. The highest BCUT2D eigenvalue weighted by atomic mass is 32.1. The molecular weight excluding hydrogens is 503 g/mol. The molecule has 1 heterocycles. The zero-order chi connectivity index (χ0) is 26.9. The molecule has 1 aliphatic rings. The van der Waals surface area contributed by atoms with Gasteiger partial charge in [0.25, 0.3) is 0 Å². The van der Waals surface area contributed by atoms with Crippen LogP contribution in [0.15, 0.2) is 60.0 Å². The topological polar surface area (TPSA) is 67.9 Å². The van der Waals surface area contributed by atoms with Crippen molar-refractivity contribution in [2.75, 3.05) is 20.8 Å². The lowest BCUT2D eigenvalue weighted by atomic mass is 9.94. The van der Waals surface area contributed by atoms with Gasteiger partial charge in [0.15, 0.2) is 11.5 Å². The second-order valence-electron chi connectivity index (χ2n) is 9.58. The van der Waals surface area contributed by atoms with Gasteiger partial charge in [0.1, 0.15) is 11.9 Å². The summed E-state index contributed by atoms with van der Waals surface area (Å²) in [5, 5.41) is 5.13. The number of carbonyl (C=O) groups excluding carboxylic acids is 2. The number of methoxy groups -OCH3 is 2.